The van der Waals surface area contributed by atoms with Crippen molar-refractivity contribution in [2.24, 2.45) is 0 Å². The van der Waals surface area contributed by atoms with Gasteiger partial charge in [-0.3, -0.25) is 0 Å². The van der Waals surface area contributed by atoms with Gasteiger partial charge < -0.3 is 5.11 Å². The standard InChI is InChI=1S/C16H9ClINO2/c17-12-2-1-3-13-15(12)11(16(20)21)8-14(19-13)9-4-6-10(18)7-5-9/h1-8H,(H,20,21). The highest BCUT2D eigenvalue weighted by atomic mass is 127. The minimum atomic E-state index is -1.01. The zero-order valence-corrected chi connectivity index (χ0v) is 13.6. The Labute approximate surface area is 139 Å². The Hall–Kier alpha value is -1.66. The maximum atomic E-state index is 11.5. The second-order valence-corrected chi connectivity index (χ2v) is 6.15. The SMILES string of the molecule is O=C(O)c1cc(-c2ccc(I)cc2)nc2cccc(Cl)c12. The number of aromatic carboxylic acids is 1. The van der Waals surface area contributed by atoms with Crippen LogP contribution in [0.4, 0.5) is 0 Å². The van der Waals surface area contributed by atoms with Crippen molar-refractivity contribution in [1.82, 2.24) is 4.98 Å². The van der Waals surface area contributed by atoms with Crippen LogP contribution in [0.2, 0.25) is 5.02 Å². The number of carboxylic acids is 1. The zero-order valence-electron chi connectivity index (χ0n) is 10.7. The molecule has 0 aliphatic carbocycles. The Kier molecular flexibility index (Phi) is 3.82. The average molecular weight is 410 g/mol. The maximum absolute atomic E-state index is 11.5. The topological polar surface area (TPSA) is 50.2 Å². The largest absolute Gasteiger partial charge is 0.478 e. The van der Waals surface area contributed by atoms with Gasteiger partial charge in [0.15, 0.2) is 0 Å². The fourth-order valence-corrected chi connectivity index (χ4v) is 2.81. The van der Waals surface area contributed by atoms with Gasteiger partial charge in [-0.05, 0) is 52.9 Å². The van der Waals surface area contributed by atoms with Crippen LogP contribution < -0.4 is 0 Å². The van der Waals surface area contributed by atoms with E-state index in [1.165, 1.54) is 0 Å². The third-order valence-corrected chi connectivity index (χ3v) is 4.19. The molecule has 0 unspecified atom stereocenters. The van der Waals surface area contributed by atoms with E-state index >= 15 is 0 Å². The van der Waals surface area contributed by atoms with Crippen LogP contribution in [0.25, 0.3) is 22.2 Å². The van der Waals surface area contributed by atoms with Crippen molar-refractivity contribution < 1.29 is 9.90 Å². The van der Waals surface area contributed by atoms with Crippen molar-refractivity contribution in [3.63, 3.8) is 0 Å². The predicted molar refractivity (Wildman–Crippen MR) is 91.9 cm³/mol. The van der Waals surface area contributed by atoms with Crippen LogP contribution in [0.15, 0.2) is 48.5 Å². The van der Waals surface area contributed by atoms with E-state index in [0.717, 1.165) is 9.13 Å². The Bertz CT molecular complexity index is 847. The number of carboxylic acid groups (broad SMARTS) is 1. The Morgan fingerprint density at radius 1 is 1.14 bits per heavy atom. The van der Waals surface area contributed by atoms with Crippen LogP contribution in [-0.4, -0.2) is 16.1 Å². The Morgan fingerprint density at radius 3 is 2.52 bits per heavy atom. The summed E-state index contributed by atoms with van der Waals surface area (Å²) in [5, 5.41) is 10.3. The number of rotatable bonds is 2. The normalized spacial score (nSPS) is 10.8. The Morgan fingerprint density at radius 2 is 1.86 bits per heavy atom. The van der Waals surface area contributed by atoms with Gasteiger partial charge in [0.25, 0.3) is 0 Å². The number of pyridine rings is 1. The van der Waals surface area contributed by atoms with Gasteiger partial charge in [-0.2, -0.15) is 0 Å². The quantitative estimate of drug-likeness (QED) is 0.615. The fourth-order valence-electron chi connectivity index (χ4n) is 2.18. The summed E-state index contributed by atoms with van der Waals surface area (Å²) in [5.41, 5.74) is 2.24. The molecular formula is C16H9ClINO2. The molecule has 3 aromatic rings. The number of hydrogen-bond donors (Lipinski definition) is 1. The van der Waals surface area contributed by atoms with Crippen molar-refractivity contribution in [3.8, 4) is 11.3 Å². The van der Waals surface area contributed by atoms with E-state index in [0.29, 0.717) is 21.6 Å². The van der Waals surface area contributed by atoms with Gasteiger partial charge in [0.05, 0.1) is 21.8 Å². The number of carbonyl (C=O) groups is 1. The van der Waals surface area contributed by atoms with E-state index in [1.54, 1.807) is 24.3 Å². The molecule has 5 heteroatoms. The lowest BCUT2D eigenvalue weighted by molar-refractivity contribution is 0.0699. The van der Waals surface area contributed by atoms with Crippen LogP contribution >= 0.6 is 34.2 Å². The first-order chi connectivity index (χ1) is 10.1. The molecule has 1 aromatic heterocycles. The van der Waals surface area contributed by atoms with E-state index in [-0.39, 0.29) is 5.56 Å². The van der Waals surface area contributed by atoms with Gasteiger partial charge in [-0.1, -0.05) is 29.8 Å². The summed E-state index contributed by atoms with van der Waals surface area (Å²) in [6.07, 6.45) is 0. The van der Waals surface area contributed by atoms with Gasteiger partial charge in [0, 0.05) is 14.5 Å². The number of fused-ring (bicyclic) bond motifs is 1. The number of benzene rings is 2. The predicted octanol–water partition coefficient (Wildman–Crippen LogP) is 4.86. The fraction of sp³-hybridized carbons (Fsp3) is 0. The first kappa shape index (κ1) is 14.3. The minimum absolute atomic E-state index is 0.166. The summed E-state index contributed by atoms with van der Waals surface area (Å²) < 4.78 is 1.11. The molecule has 0 amide bonds. The van der Waals surface area contributed by atoms with Crippen LogP contribution in [0.3, 0.4) is 0 Å². The van der Waals surface area contributed by atoms with Gasteiger partial charge in [-0.25, -0.2) is 9.78 Å². The highest BCUT2D eigenvalue weighted by Crippen LogP contribution is 2.30. The monoisotopic (exact) mass is 409 g/mol. The highest BCUT2D eigenvalue weighted by Gasteiger charge is 2.15. The molecule has 21 heavy (non-hydrogen) atoms. The molecule has 0 aliphatic rings. The number of aromatic nitrogens is 1. The first-order valence-corrected chi connectivity index (χ1v) is 7.60. The second-order valence-electron chi connectivity index (χ2n) is 4.50. The molecule has 2 aromatic carbocycles. The molecule has 0 saturated heterocycles. The minimum Gasteiger partial charge on any atom is -0.478 e. The maximum Gasteiger partial charge on any atom is 0.336 e. The van der Waals surface area contributed by atoms with Gasteiger partial charge >= 0.3 is 5.97 Å². The van der Waals surface area contributed by atoms with Crippen molar-refractivity contribution >= 4 is 51.1 Å². The second kappa shape index (κ2) is 5.61. The molecule has 3 nitrogen and oxygen atoms in total. The van der Waals surface area contributed by atoms with Crippen LogP contribution in [0.1, 0.15) is 10.4 Å². The van der Waals surface area contributed by atoms with Gasteiger partial charge in [0.2, 0.25) is 0 Å². The third kappa shape index (κ3) is 2.73. The molecule has 0 spiro atoms. The highest BCUT2D eigenvalue weighted by molar-refractivity contribution is 14.1. The molecule has 0 bridgehead atoms. The molecule has 0 atom stereocenters. The third-order valence-electron chi connectivity index (χ3n) is 3.15. The summed E-state index contributed by atoms with van der Waals surface area (Å²) in [7, 11) is 0. The van der Waals surface area contributed by atoms with Crippen molar-refractivity contribution in [2.45, 2.75) is 0 Å². The lowest BCUT2D eigenvalue weighted by Crippen LogP contribution is -2.00. The molecule has 1 heterocycles. The molecule has 0 aliphatic heterocycles. The van der Waals surface area contributed by atoms with Crippen molar-refractivity contribution in [2.75, 3.05) is 0 Å². The lowest BCUT2D eigenvalue weighted by Gasteiger charge is -2.08. The van der Waals surface area contributed by atoms with Crippen LogP contribution in [0.5, 0.6) is 0 Å². The summed E-state index contributed by atoms with van der Waals surface area (Å²) >= 11 is 8.34. The summed E-state index contributed by atoms with van der Waals surface area (Å²) in [5.74, 6) is -1.01. The molecule has 1 N–H and O–H groups in total. The number of halogens is 2. The van der Waals surface area contributed by atoms with Crippen molar-refractivity contribution in [3.05, 3.63) is 62.7 Å². The lowest BCUT2D eigenvalue weighted by atomic mass is 10.0. The number of hydrogen-bond acceptors (Lipinski definition) is 2. The molecule has 104 valence electrons. The molecular weight excluding hydrogens is 401 g/mol. The summed E-state index contributed by atoms with van der Waals surface area (Å²) in [4.78, 5) is 16.0. The van der Waals surface area contributed by atoms with E-state index in [1.807, 2.05) is 24.3 Å². The molecule has 0 fully saturated rings. The summed E-state index contributed by atoms with van der Waals surface area (Å²) in [6.45, 7) is 0. The van der Waals surface area contributed by atoms with E-state index < -0.39 is 5.97 Å². The van der Waals surface area contributed by atoms with Gasteiger partial charge in [0.1, 0.15) is 0 Å². The van der Waals surface area contributed by atoms with E-state index in [9.17, 15) is 9.90 Å². The van der Waals surface area contributed by atoms with Crippen LogP contribution in [-0.2, 0) is 0 Å². The van der Waals surface area contributed by atoms with E-state index in [2.05, 4.69) is 27.6 Å². The molecule has 0 saturated carbocycles. The molecule has 3 rings (SSSR count). The average Bonchev–Trinajstić information content (AvgIpc) is 2.47. The van der Waals surface area contributed by atoms with Crippen LogP contribution in [0, 0.1) is 3.57 Å². The Balaban J connectivity index is 2.31. The number of nitrogens with zero attached hydrogens (tertiary/aromatic N) is 1. The van der Waals surface area contributed by atoms with Gasteiger partial charge in [-0.15, -0.1) is 0 Å². The first-order valence-electron chi connectivity index (χ1n) is 6.15. The summed E-state index contributed by atoms with van der Waals surface area (Å²) in [6, 6.07) is 14.5. The van der Waals surface area contributed by atoms with E-state index in [4.69, 9.17) is 11.6 Å². The smallest absolute Gasteiger partial charge is 0.336 e. The zero-order chi connectivity index (χ0) is 15.0. The van der Waals surface area contributed by atoms with Crippen molar-refractivity contribution in [1.29, 1.82) is 0 Å². The molecule has 0 radical (unpaired) electrons.